The molecule has 2 heterocycles. The van der Waals surface area contributed by atoms with E-state index in [1.807, 2.05) is 0 Å². The highest BCUT2D eigenvalue weighted by molar-refractivity contribution is 5.92. The van der Waals surface area contributed by atoms with Crippen LogP contribution in [0.5, 0.6) is 0 Å². The average molecular weight is 349 g/mol. The van der Waals surface area contributed by atoms with Crippen LogP contribution in [0.15, 0.2) is 39.8 Å². The third-order valence-corrected chi connectivity index (χ3v) is 3.45. The van der Waals surface area contributed by atoms with Gasteiger partial charge in [-0.2, -0.15) is 5.10 Å². The zero-order valence-corrected chi connectivity index (χ0v) is 13.0. The summed E-state index contributed by atoms with van der Waals surface area (Å²) in [4.78, 5) is 25.4. The zero-order valence-electron chi connectivity index (χ0n) is 13.0. The number of carbonyl (C=O) groups is 1. The van der Waals surface area contributed by atoms with Crippen LogP contribution in [0.4, 0.5) is 8.78 Å². The molecule has 0 unspecified atom stereocenters. The van der Waals surface area contributed by atoms with Crippen molar-refractivity contribution in [2.45, 2.75) is 19.5 Å². The van der Waals surface area contributed by atoms with E-state index in [0.29, 0.717) is 0 Å². The SMILES string of the molecule is C[C@H](NC(=O)c1ccn(Cc2noc(=O)[nH]2)n1)c1c(F)cccc1F. The maximum atomic E-state index is 13.7. The number of benzene rings is 1. The van der Waals surface area contributed by atoms with Crippen LogP contribution in [0, 0.1) is 11.6 Å². The molecule has 0 saturated carbocycles. The van der Waals surface area contributed by atoms with E-state index in [-0.39, 0.29) is 23.6 Å². The van der Waals surface area contributed by atoms with E-state index >= 15 is 0 Å². The van der Waals surface area contributed by atoms with Gasteiger partial charge in [-0.05, 0) is 25.1 Å². The van der Waals surface area contributed by atoms with Gasteiger partial charge in [0.2, 0.25) is 0 Å². The molecule has 1 amide bonds. The smallest absolute Gasteiger partial charge is 0.344 e. The normalized spacial score (nSPS) is 12.1. The van der Waals surface area contributed by atoms with E-state index in [0.717, 1.165) is 12.1 Å². The van der Waals surface area contributed by atoms with Crippen LogP contribution in [-0.4, -0.2) is 25.8 Å². The van der Waals surface area contributed by atoms with E-state index in [1.165, 1.54) is 29.9 Å². The molecule has 1 aromatic carbocycles. The molecule has 3 rings (SSSR count). The number of rotatable bonds is 5. The first kappa shape index (κ1) is 16.6. The first-order valence-corrected chi connectivity index (χ1v) is 7.27. The van der Waals surface area contributed by atoms with Crippen molar-refractivity contribution < 1.29 is 18.1 Å². The summed E-state index contributed by atoms with van der Waals surface area (Å²) >= 11 is 0. The predicted molar refractivity (Wildman–Crippen MR) is 80.7 cm³/mol. The van der Waals surface area contributed by atoms with Crippen molar-refractivity contribution in [1.29, 1.82) is 0 Å². The third kappa shape index (κ3) is 3.62. The van der Waals surface area contributed by atoms with Crippen molar-refractivity contribution in [1.82, 2.24) is 25.2 Å². The number of hydrogen-bond donors (Lipinski definition) is 2. The van der Waals surface area contributed by atoms with Crippen LogP contribution < -0.4 is 11.1 Å². The summed E-state index contributed by atoms with van der Waals surface area (Å²) in [7, 11) is 0. The van der Waals surface area contributed by atoms with Crippen molar-refractivity contribution in [2.75, 3.05) is 0 Å². The van der Waals surface area contributed by atoms with E-state index in [2.05, 4.69) is 25.1 Å². The molecule has 0 bridgehead atoms. The number of amides is 1. The van der Waals surface area contributed by atoms with Crippen LogP contribution in [0.2, 0.25) is 0 Å². The molecule has 0 aliphatic heterocycles. The van der Waals surface area contributed by atoms with Crippen LogP contribution in [0.25, 0.3) is 0 Å². The topological polar surface area (TPSA) is 106 Å². The monoisotopic (exact) mass is 349 g/mol. The second-order valence-electron chi connectivity index (χ2n) is 5.27. The van der Waals surface area contributed by atoms with Crippen molar-refractivity contribution >= 4 is 5.91 Å². The second-order valence-corrected chi connectivity index (χ2v) is 5.27. The number of nitrogens with one attached hydrogen (secondary N) is 2. The lowest BCUT2D eigenvalue weighted by Gasteiger charge is -2.15. The minimum atomic E-state index is -0.884. The molecule has 130 valence electrons. The standard InChI is InChI=1S/C15H13F2N5O3/c1-8(13-9(16)3-2-4-10(13)17)18-14(23)11-5-6-22(20-11)7-12-19-15(24)25-21-12/h2-6,8H,7H2,1H3,(H,18,23)(H,19,21,24)/t8-/m0/s1. The molecule has 2 N–H and O–H groups in total. The van der Waals surface area contributed by atoms with Gasteiger partial charge in [-0.25, -0.2) is 13.6 Å². The van der Waals surface area contributed by atoms with Gasteiger partial charge >= 0.3 is 5.76 Å². The lowest BCUT2D eigenvalue weighted by atomic mass is 10.1. The lowest BCUT2D eigenvalue weighted by molar-refractivity contribution is 0.0933. The number of carbonyl (C=O) groups excluding carboxylic acids is 1. The maximum Gasteiger partial charge on any atom is 0.438 e. The van der Waals surface area contributed by atoms with Gasteiger partial charge in [-0.1, -0.05) is 11.2 Å². The summed E-state index contributed by atoms with van der Waals surface area (Å²) < 4.78 is 33.2. The second kappa shape index (κ2) is 6.67. The van der Waals surface area contributed by atoms with Crippen molar-refractivity contribution in [3.05, 3.63) is 69.7 Å². The molecule has 3 aromatic rings. The Labute approximate surface area is 139 Å². The Kier molecular flexibility index (Phi) is 4.42. The molecule has 25 heavy (non-hydrogen) atoms. The molecule has 1 atom stereocenters. The van der Waals surface area contributed by atoms with Gasteiger partial charge in [-0.3, -0.25) is 19.0 Å². The Morgan fingerprint density at radius 1 is 1.36 bits per heavy atom. The molecule has 0 fully saturated rings. The largest absolute Gasteiger partial charge is 0.438 e. The molecular formula is C15H13F2N5O3. The van der Waals surface area contributed by atoms with Gasteiger partial charge in [0, 0.05) is 11.8 Å². The Balaban J connectivity index is 1.70. The summed E-state index contributed by atoms with van der Waals surface area (Å²) in [6.45, 7) is 1.56. The Hall–Kier alpha value is -3.30. The molecule has 8 nitrogen and oxygen atoms in total. The van der Waals surface area contributed by atoms with E-state index in [4.69, 9.17) is 0 Å². The van der Waals surface area contributed by atoms with Crippen LogP contribution in [0.3, 0.4) is 0 Å². The highest BCUT2D eigenvalue weighted by Crippen LogP contribution is 2.20. The minimum absolute atomic E-state index is 0.0504. The summed E-state index contributed by atoms with van der Waals surface area (Å²) in [6, 6.07) is 4.03. The first-order chi connectivity index (χ1) is 11.9. The average Bonchev–Trinajstić information content (AvgIpc) is 3.17. The van der Waals surface area contributed by atoms with Gasteiger partial charge in [0.05, 0.1) is 6.04 Å². The van der Waals surface area contributed by atoms with E-state index in [1.54, 1.807) is 0 Å². The summed E-state index contributed by atoms with van der Waals surface area (Å²) in [5.74, 6) is -2.54. The molecule has 0 aliphatic rings. The van der Waals surface area contributed by atoms with Gasteiger partial charge < -0.3 is 5.32 Å². The van der Waals surface area contributed by atoms with Gasteiger partial charge in [0.25, 0.3) is 5.91 Å². The summed E-state index contributed by atoms with van der Waals surface area (Å²) in [5, 5.41) is 9.99. The minimum Gasteiger partial charge on any atom is -0.344 e. The van der Waals surface area contributed by atoms with Crippen molar-refractivity contribution in [3.8, 4) is 0 Å². The molecule has 10 heteroatoms. The molecule has 0 spiro atoms. The van der Waals surface area contributed by atoms with Gasteiger partial charge in [-0.15, -0.1) is 0 Å². The maximum absolute atomic E-state index is 13.7. The summed E-state index contributed by atoms with van der Waals surface area (Å²) in [6.07, 6.45) is 1.50. The quantitative estimate of drug-likeness (QED) is 0.724. The predicted octanol–water partition coefficient (Wildman–Crippen LogP) is 1.38. The highest BCUT2D eigenvalue weighted by atomic mass is 19.1. The fraction of sp³-hybridized carbons (Fsp3) is 0.200. The number of nitrogens with zero attached hydrogens (tertiary/aromatic N) is 3. The molecule has 0 saturated heterocycles. The first-order valence-electron chi connectivity index (χ1n) is 7.27. The van der Waals surface area contributed by atoms with E-state index < -0.39 is 29.3 Å². The van der Waals surface area contributed by atoms with E-state index in [9.17, 15) is 18.4 Å². The Morgan fingerprint density at radius 3 is 2.72 bits per heavy atom. The molecule has 0 aliphatic carbocycles. The van der Waals surface area contributed by atoms with Crippen LogP contribution in [0.1, 0.15) is 34.8 Å². The summed E-state index contributed by atoms with van der Waals surface area (Å²) in [5.41, 5.74) is -0.176. The number of halogens is 2. The molecule has 2 aromatic heterocycles. The van der Waals surface area contributed by atoms with Gasteiger partial charge in [0.1, 0.15) is 23.9 Å². The number of H-pyrrole nitrogens is 1. The number of aromatic nitrogens is 4. The number of aromatic amines is 1. The van der Waals surface area contributed by atoms with Crippen molar-refractivity contribution in [3.63, 3.8) is 0 Å². The number of hydrogen-bond acceptors (Lipinski definition) is 5. The third-order valence-electron chi connectivity index (χ3n) is 3.45. The fourth-order valence-corrected chi connectivity index (χ4v) is 2.32. The lowest BCUT2D eigenvalue weighted by Crippen LogP contribution is -2.28. The Bertz CT molecular complexity index is 942. The van der Waals surface area contributed by atoms with Gasteiger partial charge in [0.15, 0.2) is 5.82 Å². The molecular weight excluding hydrogens is 336 g/mol. The van der Waals surface area contributed by atoms with Crippen LogP contribution in [-0.2, 0) is 6.54 Å². The zero-order chi connectivity index (χ0) is 18.0. The van der Waals surface area contributed by atoms with Crippen molar-refractivity contribution in [2.24, 2.45) is 0 Å². The fourth-order valence-electron chi connectivity index (χ4n) is 2.32. The Morgan fingerprint density at radius 2 is 2.08 bits per heavy atom. The molecule has 0 radical (unpaired) electrons. The highest BCUT2D eigenvalue weighted by Gasteiger charge is 2.19. The van der Waals surface area contributed by atoms with Crippen LogP contribution >= 0.6 is 0 Å².